The third kappa shape index (κ3) is 4.84. The Morgan fingerprint density at radius 3 is 2.04 bits per heavy atom. The summed E-state index contributed by atoms with van der Waals surface area (Å²) in [4.78, 5) is 48.0. The van der Waals surface area contributed by atoms with Crippen LogP contribution in [-0.4, -0.2) is 76.5 Å². The SMILES string of the molecule is COC(=O)N/N=C(\C)C(C(=O)OC)C1(/C(C)=N/NC(=O)OC)[Se]C(=N)NC1=O. The maximum atomic E-state index is 12.8. The number of amidine groups is 1. The number of esters is 1. The molecule has 4 N–H and O–H groups in total. The van der Waals surface area contributed by atoms with Gasteiger partial charge in [0, 0.05) is 0 Å². The van der Waals surface area contributed by atoms with Gasteiger partial charge in [0.05, 0.1) is 0 Å². The number of hydrogen-bond acceptors (Lipinski definition) is 10. The van der Waals surface area contributed by atoms with E-state index in [4.69, 9.17) is 10.1 Å². The molecule has 14 heteroatoms. The molecule has 1 aliphatic rings. The van der Waals surface area contributed by atoms with E-state index in [1.54, 1.807) is 0 Å². The van der Waals surface area contributed by atoms with E-state index in [2.05, 4.69) is 35.8 Å². The molecule has 154 valence electrons. The molecule has 1 aliphatic heterocycles. The van der Waals surface area contributed by atoms with Gasteiger partial charge >= 0.3 is 166 Å². The van der Waals surface area contributed by atoms with Crippen LogP contribution in [0.25, 0.3) is 0 Å². The summed E-state index contributed by atoms with van der Waals surface area (Å²) >= 11 is -0.934. The van der Waals surface area contributed by atoms with Gasteiger partial charge in [0.25, 0.3) is 0 Å². The minimum atomic E-state index is -1.66. The summed E-state index contributed by atoms with van der Waals surface area (Å²) in [5.74, 6) is -2.86. The molecule has 0 spiro atoms. The Kier molecular flexibility index (Phi) is 8.07. The Morgan fingerprint density at radius 2 is 1.61 bits per heavy atom. The van der Waals surface area contributed by atoms with E-state index in [0.717, 1.165) is 21.3 Å². The number of ether oxygens (including phenoxy) is 3. The van der Waals surface area contributed by atoms with Crippen molar-refractivity contribution in [1.29, 1.82) is 5.41 Å². The van der Waals surface area contributed by atoms with Crippen molar-refractivity contribution < 1.29 is 33.4 Å². The van der Waals surface area contributed by atoms with Crippen molar-refractivity contribution in [2.75, 3.05) is 21.3 Å². The number of hydrazone groups is 2. The average molecular weight is 463 g/mol. The Bertz CT molecular complexity index is 752. The number of nitrogens with zero attached hydrogens (tertiary/aromatic N) is 2. The Hall–Kier alpha value is -2.99. The van der Waals surface area contributed by atoms with Gasteiger partial charge in [-0.25, -0.2) is 0 Å². The van der Waals surface area contributed by atoms with Crippen molar-refractivity contribution in [3.05, 3.63) is 0 Å². The van der Waals surface area contributed by atoms with E-state index in [1.807, 2.05) is 0 Å². The number of amides is 3. The molecule has 0 aromatic carbocycles. The molecule has 0 aromatic heterocycles. The first-order valence-electron chi connectivity index (χ1n) is 7.57. The van der Waals surface area contributed by atoms with Gasteiger partial charge in [-0.3, -0.25) is 0 Å². The summed E-state index contributed by atoms with van der Waals surface area (Å²) < 4.78 is 11.9. The van der Waals surface area contributed by atoms with Crippen LogP contribution in [0.2, 0.25) is 4.31 Å². The standard InChI is InChI=1S/C14H20N6O7Se/c1-6(17-19-12(23)26-4)8(9(21)25-3)14(10(22)16-11(15)28-14)7(2)18-20-13(24)27-5/h8H,1-5H3,(H,19,23)(H,20,24)(H2,15,16,22)/b17-6+,18-7+. The number of carbonyl (C=O) groups excluding carboxylic acids is 4. The molecule has 3 amide bonds. The van der Waals surface area contributed by atoms with Crippen LogP contribution in [0.1, 0.15) is 13.8 Å². The van der Waals surface area contributed by atoms with E-state index < -0.39 is 49.3 Å². The van der Waals surface area contributed by atoms with Gasteiger partial charge in [0.15, 0.2) is 0 Å². The van der Waals surface area contributed by atoms with E-state index in [9.17, 15) is 19.2 Å². The summed E-state index contributed by atoms with van der Waals surface area (Å²) in [5.41, 5.74) is 4.19. The number of nitrogens with one attached hydrogen (secondary N) is 4. The number of carbonyl (C=O) groups is 4. The van der Waals surface area contributed by atoms with E-state index in [1.165, 1.54) is 13.8 Å². The van der Waals surface area contributed by atoms with Crippen LogP contribution in [0.15, 0.2) is 10.2 Å². The van der Waals surface area contributed by atoms with Crippen molar-refractivity contribution in [1.82, 2.24) is 16.2 Å². The molecule has 0 saturated carbocycles. The summed E-state index contributed by atoms with van der Waals surface area (Å²) in [6.07, 6.45) is -1.77. The summed E-state index contributed by atoms with van der Waals surface area (Å²) in [6, 6.07) is 0. The van der Waals surface area contributed by atoms with Crippen LogP contribution in [-0.2, 0) is 23.8 Å². The van der Waals surface area contributed by atoms with Gasteiger partial charge in [-0.05, 0) is 0 Å². The molecule has 1 fully saturated rings. The zero-order valence-corrected chi connectivity index (χ0v) is 17.5. The van der Waals surface area contributed by atoms with Crippen LogP contribution >= 0.6 is 0 Å². The van der Waals surface area contributed by atoms with E-state index in [-0.39, 0.29) is 16.2 Å². The second-order valence-electron chi connectivity index (χ2n) is 5.23. The molecule has 1 rings (SSSR count). The maximum absolute atomic E-state index is 12.8. The van der Waals surface area contributed by atoms with Gasteiger partial charge in [-0.2, -0.15) is 0 Å². The Labute approximate surface area is 166 Å². The Morgan fingerprint density at radius 1 is 1.07 bits per heavy atom. The second kappa shape index (κ2) is 9.80. The third-order valence-corrected chi connectivity index (χ3v) is 6.46. The summed E-state index contributed by atoms with van der Waals surface area (Å²) in [5, 5.41) is 17.8. The van der Waals surface area contributed by atoms with Crippen LogP contribution in [0, 0.1) is 11.3 Å². The number of rotatable bonds is 6. The fourth-order valence-electron chi connectivity index (χ4n) is 2.32. The molecule has 2 atom stereocenters. The minimum absolute atomic E-state index is 0.0107. The first kappa shape index (κ1) is 23.0. The van der Waals surface area contributed by atoms with Crippen molar-refractivity contribution >= 4 is 55.2 Å². The molecule has 2 unspecified atom stereocenters. The van der Waals surface area contributed by atoms with Gasteiger partial charge < -0.3 is 0 Å². The molecule has 0 aliphatic carbocycles. The average Bonchev–Trinajstić information content (AvgIpc) is 2.98. The first-order chi connectivity index (χ1) is 13.1. The predicted molar refractivity (Wildman–Crippen MR) is 97.1 cm³/mol. The second-order valence-corrected chi connectivity index (χ2v) is 7.87. The zero-order chi connectivity index (χ0) is 21.5. The first-order valence-corrected chi connectivity index (χ1v) is 9.29. The van der Waals surface area contributed by atoms with Crippen LogP contribution in [0.3, 0.4) is 0 Å². The molecular formula is C14H20N6O7Se. The van der Waals surface area contributed by atoms with Crippen LogP contribution in [0.5, 0.6) is 0 Å². The van der Waals surface area contributed by atoms with Crippen molar-refractivity contribution in [3.8, 4) is 0 Å². The summed E-state index contributed by atoms with van der Waals surface area (Å²) in [6.45, 7) is 2.80. The quantitative estimate of drug-likeness (QED) is 0.130. The molecule has 0 radical (unpaired) electrons. The molecule has 0 bridgehead atoms. The zero-order valence-electron chi connectivity index (χ0n) is 15.7. The molecule has 0 aromatic rings. The molecule has 1 saturated heterocycles. The molecule has 1 heterocycles. The van der Waals surface area contributed by atoms with E-state index >= 15 is 0 Å². The van der Waals surface area contributed by atoms with Gasteiger partial charge in [-0.1, -0.05) is 0 Å². The van der Waals surface area contributed by atoms with Gasteiger partial charge in [0.2, 0.25) is 0 Å². The monoisotopic (exact) mass is 464 g/mol. The van der Waals surface area contributed by atoms with Crippen LogP contribution in [0.4, 0.5) is 9.59 Å². The fourth-order valence-corrected chi connectivity index (χ4v) is 4.81. The molecule has 13 nitrogen and oxygen atoms in total. The van der Waals surface area contributed by atoms with Gasteiger partial charge in [-0.15, -0.1) is 0 Å². The third-order valence-electron chi connectivity index (χ3n) is 3.64. The van der Waals surface area contributed by atoms with E-state index in [0.29, 0.717) is 0 Å². The normalized spacial score (nSPS) is 20.8. The Balaban J connectivity index is 3.51. The number of hydrogen-bond donors (Lipinski definition) is 4. The predicted octanol–water partition coefficient (Wildman–Crippen LogP) is -0.833. The molecular weight excluding hydrogens is 443 g/mol. The fraction of sp³-hybridized carbons (Fsp3) is 0.500. The summed E-state index contributed by atoms with van der Waals surface area (Å²) in [7, 11) is 3.38. The number of methoxy groups -OCH3 is 3. The topological polar surface area (TPSA) is 181 Å². The molecule has 28 heavy (non-hydrogen) atoms. The van der Waals surface area contributed by atoms with Crippen molar-refractivity contribution in [3.63, 3.8) is 0 Å². The van der Waals surface area contributed by atoms with Crippen LogP contribution < -0.4 is 16.2 Å². The van der Waals surface area contributed by atoms with Crippen molar-refractivity contribution in [2.45, 2.75) is 18.2 Å². The van der Waals surface area contributed by atoms with Gasteiger partial charge in [0.1, 0.15) is 0 Å². The van der Waals surface area contributed by atoms with Crippen molar-refractivity contribution in [2.24, 2.45) is 16.1 Å².